The van der Waals surface area contributed by atoms with Crippen LogP contribution in [0.2, 0.25) is 0 Å². The summed E-state index contributed by atoms with van der Waals surface area (Å²) in [5, 5.41) is 2.40. The maximum atomic E-state index is 11.8. The predicted octanol–water partition coefficient (Wildman–Crippen LogP) is 1.11. The number of aryl methyl sites for hydroxylation is 2. The number of carbonyl (C=O) groups is 2. The van der Waals surface area contributed by atoms with Gasteiger partial charge in [-0.05, 0) is 20.8 Å². The lowest BCUT2D eigenvalue weighted by Gasteiger charge is -2.04. The van der Waals surface area contributed by atoms with Crippen molar-refractivity contribution in [1.82, 2.24) is 5.32 Å². The number of esters is 1. The number of hydrogen-bond acceptors (Lipinski definition) is 4. The summed E-state index contributed by atoms with van der Waals surface area (Å²) in [6.45, 7) is 4.96. The van der Waals surface area contributed by atoms with E-state index in [9.17, 15) is 9.59 Å². The molecule has 0 atom stereocenters. The first-order valence-corrected chi connectivity index (χ1v) is 5.41. The Morgan fingerprint density at radius 2 is 2.00 bits per heavy atom. The van der Waals surface area contributed by atoms with Gasteiger partial charge < -0.3 is 14.5 Å². The van der Waals surface area contributed by atoms with Crippen molar-refractivity contribution in [2.24, 2.45) is 0 Å². The summed E-state index contributed by atoms with van der Waals surface area (Å²) in [7, 11) is 0. The fourth-order valence-electron chi connectivity index (χ4n) is 1.50. The van der Waals surface area contributed by atoms with Crippen LogP contribution in [-0.4, -0.2) is 25.0 Å². The normalized spacial score (nSPS) is 9.67. The van der Waals surface area contributed by atoms with E-state index in [0.717, 1.165) is 5.56 Å². The minimum absolute atomic E-state index is 0.110. The van der Waals surface area contributed by atoms with Gasteiger partial charge in [-0.1, -0.05) is 5.92 Å². The molecule has 5 nitrogen and oxygen atoms in total. The molecule has 0 spiro atoms. The molecule has 0 aliphatic carbocycles. The van der Waals surface area contributed by atoms with E-state index >= 15 is 0 Å². The molecule has 1 N–H and O–H groups in total. The standard InChI is InChI=1S/C13H15NO4/c1-5-6-14-11(15)7-17-13(16)12-8(2)9(3)18-10(12)4/h1H,6-7H2,2-4H3,(H,14,15). The summed E-state index contributed by atoms with van der Waals surface area (Å²) in [5.74, 6) is 2.40. The molecule has 0 saturated carbocycles. The lowest BCUT2D eigenvalue weighted by molar-refractivity contribution is -0.123. The summed E-state index contributed by atoms with van der Waals surface area (Å²) in [6.07, 6.45) is 4.98. The number of nitrogens with one attached hydrogen (secondary N) is 1. The highest BCUT2D eigenvalue weighted by Crippen LogP contribution is 2.21. The van der Waals surface area contributed by atoms with E-state index in [2.05, 4.69) is 11.2 Å². The molecule has 1 aromatic heterocycles. The van der Waals surface area contributed by atoms with Crippen LogP contribution in [0.25, 0.3) is 0 Å². The third-order valence-electron chi connectivity index (χ3n) is 2.49. The first-order valence-electron chi connectivity index (χ1n) is 5.41. The van der Waals surface area contributed by atoms with Crippen molar-refractivity contribution < 1.29 is 18.7 Å². The molecular formula is C13H15NO4. The van der Waals surface area contributed by atoms with Crippen LogP contribution in [0.15, 0.2) is 4.42 Å². The second-order valence-corrected chi connectivity index (χ2v) is 3.77. The van der Waals surface area contributed by atoms with E-state index < -0.39 is 11.9 Å². The van der Waals surface area contributed by atoms with Gasteiger partial charge in [-0.3, -0.25) is 4.79 Å². The quantitative estimate of drug-likeness (QED) is 0.641. The highest BCUT2D eigenvalue weighted by atomic mass is 16.5. The highest BCUT2D eigenvalue weighted by Gasteiger charge is 2.20. The number of furan rings is 1. The molecular weight excluding hydrogens is 234 g/mol. The monoisotopic (exact) mass is 249 g/mol. The summed E-state index contributed by atoms with van der Waals surface area (Å²) >= 11 is 0. The Labute approximate surface area is 105 Å². The Morgan fingerprint density at radius 3 is 2.50 bits per heavy atom. The fourth-order valence-corrected chi connectivity index (χ4v) is 1.50. The van der Waals surface area contributed by atoms with Crippen LogP contribution in [0.1, 0.15) is 27.4 Å². The van der Waals surface area contributed by atoms with Gasteiger partial charge >= 0.3 is 5.97 Å². The molecule has 1 heterocycles. The van der Waals surface area contributed by atoms with Crippen LogP contribution >= 0.6 is 0 Å². The molecule has 5 heteroatoms. The fraction of sp³-hybridized carbons (Fsp3) is 0.385. The van der Waals surface area contributed by atoms with E-state index in [1.807, 2.05) is 0 Å². The van der Waals surface area contributed by atoms with Crippen LogP contribution in [0.3, 0.4) is 0 Å². The molecule has 96 valence electrons. The van der Waals surface area contributed by atoms with Gasteiger partial charge in [0, 0.05) is 5.56 Å². The smallest absolute Gasteiger partial charge is 0.342 e. The van der Waals surface area contributed by atoms with Crippen LogP contribution in [-0.2, 0) is 9.53 Å². The van der Waals surface area contributed by atoms with Gasteiger partial charge in [0.2, 0.25) is 0 Å². The van der Waals surface area contributed by atoms with E-state index in [0.29, 0.717) is 17.1 Å². The van der Waals surface area contributed by atoms with Crippen molar-refractivity contribution in [2.45, 2.75) is 20.8 Å². The minimum atomic E-state index is -0.572. The van der Waals surface area contributed by atoms with Crippen LogP contribution in [0.5, 0.6) is 0 Å². The number of ether oxygens (including phenoxy) is 1. The first-order chi connectivity index (χ1) is 8.47. The Morgan fingerprint density at radius 1 is 1.33 bits per heavy atom. The van der Waals surface area contributed by atoms with E-state index in [1.54, 1.807) is 20.8 Å². The molecule has 1 amide bonds. The molecule has 0 aromatic carbocycles. The van der Waals surface area contributed by atoms with Crippen LogP contribution < -0.4 is 5.32 Å². The number of amides is 1. The third kappa shape index (κ3) is 3.14. The second kappa shape index (κ2) is 5.92. The molecule has 0 bridgehead atoms. The lowest BCUT2D eigenvalue weighted by Crippen LogP contribution is -2.29. The van der Waals surface area contributed by atoms with E-state index in [4.69, 9.17) is 15.6 Å². The summed E-state index contributed by atoms with van der Waals surface area (Å²) < 4.78 is 10.2. The van der Waals surface area contributed by atoms with Gasteiger partial charge in [-0.2, -0.15) is 0 Å². The topological polar surface area (TPSA) is 68.5 Å². The van der Waals surface area contributed by atoms with Crippen molar-refractivity contribution in [3.63, 3.8) is 0 Å². The molecule has 0 saturated heterocycles. The van der Waals surface area contributed by atoms with Crippen molar-refractivity contribution in [3.8, 4) is 12.3 Å². The van der Waals surface area contributed by atoms with Crippen molar-refractivity contribution in [1.29, 1.82) is 0 Å². The lowest BCUT2D eigenvalue weighted by atomic mass is 10.1. The molecule has 0 fully saturated rings. The molecule has 1 rings (SSSR count). The van der Waals surface area contributed by atoms with E-state index in [1.165, 1.54) is 0 Å². The van der Waals surface area contributed by atoms with Gasteiger partial charge in [0.15, 0.2) is 6.61 Å². The second-order valence-electron chi connectivity index (χ2n) is 3.77. The number of terminal acetylenes is 1. The maximum absolute atomic E-state index is 11.8. The Balaban J connectivity index is 2.61. The summed E-state index contributed by atoms with van der Waals surface area (Å²) in [6, 6.07) is 0. The molecule has 0 radical (unpaired) electrons. The molecule has 0 aliphatic heterocycles. The predicted molar refractivity (Wildman–Crippen MR) is 65.0 cm³/mol. The van der Waals surface area contributed by atoms with Gasteiger partial charge in [0.1, 0.15) is 17.1 Å². The summed E-state index contributed by atoms with van der Waals surface area (Å²) in [5.41, 5.74) is 1.10. The van der Waals surface area contributed by atoms with Crippen LogP contribution in [0.4, 0.5) is 0 Å². The van der Waals surface area contributed by atoms with Crippen molar-refractivity contribution >= 4 is 11.9 Å². The highest BCUT2D eigenvalue weighted by molar-refractivity contribution is 5.93. The SMILES string of the molecule is C#CCNC(=O)COC(=O)c1c(C)oc(C)c1C. The Kier molecular flexibility index (Phi) is 4.55. The molecule has 1 aromatic rings. The van der Waals surface area contributed by atoms with Gasteiger partial charge in [0.25, 0.3) is 5.91 Å². The Bertz CT molecular complexity index is 508. The largest absolute Gasteiger partial charge is 0.465 e. The molecule has 0 unspecified atom stereocenters. The third-order valence-corrected chi connectivity index (χ3v) is 2.49. The van der Waals surface area contributed by atoms with Gasteiger partial charge in [-0.15, -0.1) is 6.42 Å². The zero-order chi connectivity index (χ0) is 13.7. The molecule has 18 heavy (non-hydrogen) atoms. The average molecular weight is 249 g/mol. The van der Waals surface area contributed by atoms with Gasteiger partial charge in [-0.25, -0.2) is 4.79 Å². The first kappa shape index (κ1) is 13.8. The zero-order valence-corrected chi connectivity index (χ0v) is 10.6. The zero-order valence-electron chi connectivity index (χ0n) is 10.6. The number of hydrogen-bond donors (Lipinski definition) is 1. The van der Waals surface area contributed by atoms with Crippen molar-refractivity contribution in [3.05, 3.63) is 22.6 Å². The van der Waals surface area contributed by atoms with E-state index in [-0.39, 0.29) is 13.2 Å². The number of carbonyl (C=O) groups excluding carboxylic acids is 2. The maximum Gasteiger partial charge on any atom is 0.342 e. The Hall–Kier alpha value is -2.22. The minimum Gasteiger partial charge on any atom is -0.465 e. The molecule has 0 aliphatic rings. The number of rotatable bonds is 4. The summed E-state index contributed by atoms with van der Waals surface area (Å²) in [4.78, 5) is 23.0. The van der Waals surface area contributed by atoms with Crippen molar-refractivity contribution in [2.75, 3.05) is 13.2 Å². The average Bonchev–Trinajstić information content (AvgIpc) is 2.58. The van der Waals surface area contributed by atoms with Gasteiger partial charge in [0.05, 0.1) is 6.54 Å². The van der Waals surface area contributed by atoms with Crippen LogP contribution in [0, 0.1) is 33.1 Å².